The van der Waals surface area contributed by atoms with Crippen molar-refractivity contribution in [1.29, 1.82) is 0 Å². The fourth-order valence-corrected chi connectivity index (χ4v) is 3.58. The number of carbonyl (C=O) groups excluding carboxylic acids is 1. The molecule has 4 rings (SSSR count). The number of amides is 2. The molecule has 0 unspecified atom stereocenters. The van der Waals surface area contributed by atoms with Crippen LogP contribution in [0, 0.1) is 0 Å². The molecule has 5 nitrogen and oxygen atoms in total. The molecule has 1 saturated heterocycles. The van der Waals surface area contributed by atoms with Crippen molar-refractivity contribution in [3.63, 3.8) is 0 Å². The van der Waals surface area contributed by atoms with Gasteiger partial charge in [-0.15, -0.1) is 0 Å². The largest absolute Gasteiger partial charge is 0.353 e. The number of H-pyrrole nitrogens is 1. The van der Waals surface area contributed by atoms with Gasteiger partial charge in [0.05, 0.1) is 11.4 Å². The van der Waals surface area contributed by atoms with Crippen LogP contribution in [0.5, 0.6) is 0 Å². The lowest BCUT2D eigenvalue weighted by atomic mass is 10.1. The van der Waals surface area contributed by atoms with E-state index in [1.54, 1.807) is 0 Å². The number of urea groups is 1. The molecular formula is C21H24N4O. The van der Waals surface area contributed by atoms with E-state index in [9.17, 15) is 4.79 Å². The maximum Gasteiger partial charge on any atom is 0.319 e. The van der Waals surface area contributed by atoms with Crippen molar-refractivity contribution in [2.24, 2.45) is 0 Å². The zero-order valence-electron chi connectivity index (χ0n) is 15.0. The van der Waals surface area contributed by atoms with Gasteiger partial charge in [0.2, 0.25) is 0 Å². The predicted molar refractivity (Wildman–Crippen MR) is 106 cm³/mol. The number of aromatic nitrogens is 1. The fourth-order valence-electron chi connectivity index (χ4n) is 3.58. The number of fused-ring (bicyclic) bond motifs is 1. The van der Waals surface area contributed by atoms with Gasteiger partial charge in [-0.3, -0.25) is 0 Å². The fraction of sp³-hybridized carbons (Fsp3) is 0.286. The molecular weight excluding hydrogens is 324 g/mol. The average Bonchev–Trinajstić information content (AvgIpc) is 3.03. The first-order chi connectivity index (χ1) is 12.7. The zero-order valence-corrected chi connectivity index (χ0v) is 15.0. The Morgan fingerprint density at radius 1 is 1.04 bits per heavy atom. The molecule has 3 aromatic rings. The third kappa shape index (κ3) is 3.44. The van der Waals surface area contributed by atoms with E-state index in [1.165, 1.54) is 0 Å². The summed E-state index contributed by atoms with van der Waals surface area (Å²) in [4.78, 5) is 18.4. The van der Waals surface area contributed by atoms with E-state index in [0.29, 0.717) is 0 Å². The summed E-state index contributed by atoms with van der Waals surface area (Å²) in [6.45, 7) is 2.04. The van der Waals surface area contributed by atoms with Crippen molar-refractivity contribution in [2.75, 3.05) is 25.5 Å². The maximum atomic E-state index is 12.6. The van der Waals surface area contributed by atoms with E-state index >= 15 is 0 Å². The zero-order chi connectivity index (χ0) is 17.9. The molecule has 26 heavy (non-hydrogen) atoms. The summed E-state index contributed by atoms with van der Waals surface area (Å²) >= 11 is 0. The summed E-state index contributed by atoms with van der Waals surface area (Å²) in [6.07, 6.45) is 1.98. The summed E-state index contributed by atoms with van der Waals surface area (Å²) in [7, 11) is 2.12. The number of piperidine rings is 1. The van der Waals surface area contributed by atoms with Crippen molar-refractivity contribution in [3.8, 4) is 11.3 Å². The summed E-state index contributed by atoms with van der Waals surface area (Å²) in [5.74, 6) is 0. The number of carbonyl (C=O) groups is 1. The van der Waals surface area contributed by atoms with Crippen LogP contribution in [-0.2, 0) is 0 Å². The van der Waals surface area contributed by atoms with Gasteiger partial charge < -0.3 is 20.5 Å². The minimum absolute atomic E-state index is 0.138. The van der Waals surface area contributed by atoms with E-state index in [4.69, 9.17) is 0 Å². The number of nitrogens with one attached hydrogen (secondary N) is 3. The number of anilines is 1. The molecule has 0 spiro atoms. The van der Waals surface area contributed by atoms with E-state index in [2.05, 4.69) is 27.6 Å². The first kappa shape index (κ1) is 16.7. The lowest BCUT2D eigenvalue weighted by Gasteiger charge is -2.29. The van der Waals surface area contributed by atoms with E-state index < -0.39 is 0 Å². The van der Waals surface area contributed by atoms with Crippen LogP contribution in [0.1, 0.15) is 12.8 Å². The van der Waals surface area contributed by atoms with E-state index in [0.717, 1.165) is 53.8 Å². The quantitative estimate of drug-likeness (QED) is 0.669. The minimum atomic E-state index is -0.138. The molecule has 2 aromatic carbocycles. The SMILES string of the molecule is CN1CCC(NC(=O)Nc2c(-c3ccccc3)[nH]c3ccccc23)CC1. The van der Waals surface area contributed by atoms with Crippen molar-refractivity contribution < 1.29 is 4.79 Å². The van der Waals surface area contributed by atoms with Gasteiger partial charge in [-0.25, -0.2) is 4.79 Å². The van der Waals surface area contributed by atoms with Gasteiger partial charge in [-0.1, -0.05) is 48.5 Å². The van der Waals surface area contributed by atoms with Crippen LogP contribution in [-0.4, -0.2) is 42.1 Å². The Hall–Kier alpha value is -2.79. The third-order valence-electron chi connectivity index (χ3n) is 5.06. The lowest BCUT2D eigenvalue weighted by molar-refractivity contribution is 0.221. The Morgan fingerprint density at radius 3 is 2.50 bits per heavy atom. The second-order valence-electron chi connectivity index (χ2n) is 6.96. The standard InChI is InChI=1S/C21H24N4O/c1-25-13-11-16(12-14-25)22-21(26)24-20-17-9-5-6-10-18(17)23-19(20)15-7-3-2-4-8-15/h2-10,16,23H,11-14H2,1H3,(H2,22,24,26). The first-order valence-electron chi connectivity index (χ1n) is 9.13. The van der Waals surface area contributed by atoms with Gasteiger partial charge in [0.25, 0.3) is 0 Å². The highest BCUT2D eigenvalue weighted by molar-refractivity contribution is 6.07. The Labute approximate surface area is 153 Å². The van der Waals surface area contributed by atoms with Gasteiger partial charge in [-0.05, 0) is 39.0 Å². The Balaban J connectivity index is 1.60. The molecule has 3 N–H and O–H groups in total. The highest BCUT2D eigenvalue weighted by atomic mass is 16.2. The molecule has 0 aliphatic carbocycles. The van der Waals surface area contributed by atoms with Crippen molar-refractivity contribution >= 4 is 22.6 Å². The lowest BCUT2D eigenvalue weighted by Crippen LogP contribution is -2.44. The molecule has 1 aliphatic rings. The third-order valence-corrected chi connectivity index (χ3v) is 5.06. The van der Waals surface area contributed by atoms with Crippen LogP contribution < -0.4 is 10.6 Å². The van der Waals surface area contributed by atoms with Crippen LogP contribution >= 0.6 is 0 Å². The van der Waals surface area contributed by atoms with Crippen molar-refractivity contribution in [1.82, 2.24) is 15.2 Å². The second kappa shape index (κ2) is 7.22. The summed E-state index contributed by atoms with van der Waals surface area (Å²) < 4.78 is 0. The van der Waals surface area contributed by atoms with Gasteiger partial charge in [0, 0.05) is 22.5 Å². The number of likely N-dealkylation sites (tertiary alicyclic amines) is 1. The van der Waals surface area contributed by atoms with Gasteiger partial charge >= 0.3 is 6.03 Å². The highest BCUT2D eigenvalue weighted by Gasteiger charge is 2.20. The number of hydrogen-bond acceptors (Lipinski definition) is 2. The van der Waals surface area contributed by atoms with Crippen molar-refractivity contribution in [2.45, 2.75) is 18.9 Å². The van der Waals surface area contributed by atoms with E-state index in [-0.39, 0.29) is 12.1 Å². The monoisotopic (exact) mass is 348 g/mol. The number of rotatable bonds is 3. The number of nitrogens with zero attached hydrogens (tertiary/aromatic N) is 1. The Morgan fingerprint density at radius 2 is 1.73 bits per heavy atom. The van der Waals surface area contributed by atoms with Crippen LogP contribution in [0.4, 0.5) is 10.5 Å². The molecule has 0 radical (unpaired) electrons. The highest BCUT2D eigenvalue weighted by Crippen LogP contribution is 2.34. The molecule has 134 valence electrons. The molecule has 1 fully saturated rings. The van der Waals surface area contributed by atoms with Crippen LogP contribution in [0.25, 0.3) is 22.2 Å². The summed E-state index contributed by atoms with van der Waals surface area (Å²) in [5, 5.41) is 7.24. The van der Waals surface area contributed by atoms with Crippen molar-refractivity contribution in [3.05, 3.63) is 54.6 Å². The first-order valence-corrected chi connectivity index (χ1v) is 9.13. The molecule has 2 amide bonds. The molecule has 0 bridgehead atoms. The molecule has 1 aliphatic heterocycles. The number of para-hydroxylation sites is 1. The van der Waals surface area contributed by atoms with Crippen LogP contribution in [0.3, 0.4) is 0 Å². The molecule has 5 heteroatoms. The summed E-state index contributed by atoms with van der Waals surface area (Å²) in [5.41, 5.74) is 3.83. The van der Waals surface area contributed by atoms with Crippen LogP contribution in [0.2, 0.25) is 0 Å². The summed E-state index contributed by atoms with van der Waals surface area (Å²) in [6, 6.07) is 18.2. The Bertz CT molecular complexity index is 895. The second-order valence-corrected chi connectivity index (χ2v) is 6.96. The molecule has 0 saturated carbocycles. The molecule has 1 aromatic heterocycles. The normalized spacial score (nSPS) is 15.9. The van der Waals surface area contributed by atoms with E-state index in [1.807, 2.05) is 54.6 Å². The topological polar surface area (TPSA) is 60.2 Å². The smallest absolute Gasteiger partial charge is 0.319 e. The van der Waals surface area contributed by atoms with Gasteiger partial charge in [0.15, 0.2) is 0 Å². The minimum Gasteiger partial charge on any atom is -0.353 e. The van der Waals surface area contributed by atoms with Gasteiger partial charge in [-0.2, -0.15) is 0 Å². The maximum absolute atomic E-state index is 12.6. The predicted octanol–water partition coefficient (Wildman–Crippen LogP) is 4.05. The molecule has 0 atom stereocenters. The Kier molecular flexibility index (Phi) is 4.63. The van der Waals surface area contributed by atoms with Gasteiger partial charge in [0.1, 0.15) is 0 Å². The number of benzene rings is 2. The number of aromatic amines is 1. The molecule has 2 heterocycles. The van der Waals surface area contributed by atoms with Crippen LogP contribution in [0.15, 0.2) is 54.6 Å². The average molecular weight is 348 g/mol. The number of hydrogen-bond donors (Lipinski definition) is 3.